The van der Waals surface area contributed by atoms with Crippen LogP contribution in [-0.4, -0.2) is 30.6 Å². The summed E-state index contributed by atoms with van der Waals surface area (Å²) in [5.74, 6) is 0. The van der Waals surface area contributed by atoms with Gasteiger partial charge in [-0.2, -0.15) is 13.2 Å². The lowest BCUT2D eigenvalue weighted by atomic mass is 10.1. The number of nitrogens with two attached hydrogens (primary N) is 1. The molecule has 0 saturated heterocycles. The van der Waals surface area contributed by atoms with Crippen LogP contribution in [0.1, 0.15) is 20.8 Å². The molecule has 3 nitrogen and oxygen atoms in total. The average Bonchev–Trinajstić information content (AvgIpc) is 2.37. The number of alkyl halides is 3. The zero-order chi connectivity index (χ0) is 14.0. The molecule has 0 amide bonds. The summed E-state index contributed by atoms with van der Waals surface area (Å²) in [6.45, 7) is 5.25. The second-order valence-corrected chi connectivity index (χ2v) is 4.93. The Kier molecular flexibility index (Phi) is 4.34. The number of hydrogen-bond acceptors (Lipinski definition) is 3. The maximum absolute atomic E-state index is 12.8. The highest BCUT2D eigenvalue weighted by atomic mass is 19.4. The van der Waals surface area contributed by atoms with E-state index in [1.165, 1.54) is 6.21 Å². The molecule has 1 unspecified atom stereocenters. The summed E-state index contributed by atoms with van der Waals surface area (Å²) < 4.78 is 43.8. The molecule has 18 heavy (non-hydrogen) atoms. The minimum absolute atomic E-state index is 0.0494. The first kappa shape index (κ1) is 14.9. The number of hydrogen-bond donors (Lipinski definition) is 1. The van der Waals surface area contributed by atoms with E-state index in [4.69, 9.17) is 10.5 Å². The molecule has 1 aliphatic rings. The van der Waals surface area contributed by atoms with Crippen LogP contribution in [0.15, 0.2) is 28.4 Å². The van der Waals surface area contributed by atoms with Crippen molar-refractivity contribution >= 4 is 6.21 Å². The summed E-state index contributed by atoms with van der Waals surface area (Å²) in [7, 11) is 0. The molecule has 1 heterocycles. The van der Waals surface area contributed by atoms with Gasteiger partial charge in [-0.15, -0.1) is 0 Å². The van der Waals surface area contributed by atoms with Crippen LogP contribution in [0, 0.1) is 0 Å². The molecule has 0 bridgehead atoms. The Morgan fingerprint density at radius 1 is 1.33 bits per heavy atom. The van der Waals surface area contributed by atoms with Gasteiger partial charge in [-0.3, -0.25) is 4.99 Å². The van der Waals surface area contributed by atoms with E-state index in [9.17, 15) is 13.2 Å². The van der Waals surface area contributed by atoms with Gasteiger partial charge >= 0.3 is 6.18 Å². The number of nitrogens with zero attached hydrogens (tertiary/aromatic N) is 1. The molecule has 1 rings (SSSR count). The Balaban J connectivity index is 3.04. The van der Waals surface area contributed by atoms with Gasteiger partial charge in [-0.05, 0) is 32.9 Å². The Hall–Kier alpha value is -1.14. The van der Waals surface area contributed by atoms with Crippen LogP contribution in [0.3, 0.4) is 0 Å². The fourth-order valence-corrected chi connectivity index (χ4v) is 1.41. The van der Waals surface area contributed by atoms with Crippen molar-refractivity contribution in [3.05, 3.63) is 23.4 Å². The topological polar surface area (TPSA) is 47.6 Å². The third-order valence-corrected chi connectivity index (χ3v) is 2.08. The summed E-state index contributed by atoms with van der Waals surface area (Å²) in [5.41, 5.74) is 4.17. The summed E-state index contributed by atoms with van der Waals surface area (Å²) in [4.78, 5) is 3.91. The van der Waals surface area contributed by atoms with Gasteiger partial charge in [0.25, 0.3) is 0 Å². The molecule has 0 aromatic heterocycles. The predicted molar refractivity (Wildman–Crippen MR) is 64.4 cm³/mol. The molecule has 0 spiro atoms. The molecule has 0 aromatic rings. The summed E-state index contributed by atoms with van der Waals surface area (Å²) in [5, 5.41) is 0. The van der Waals surface area contributed by atoms with Crippen molar-refractivity contribution in [3.63, 3.8) is 0 Å². The van der Waals surface area contributed by atoms with E-state index in [1.54, 1.807) is 20.8 Å². The van der Waals surface area contributed by atoms with E-state index < -0.39 is 23.5 Å². The lowest BCUT2D eigenvalue weighted by molar-refractivity contribution is -0.0899. The smallest absolute Gasteiger partial charge is 0.363 e. The van der Waals surface area contributed by atoms with E-state index in [2.05, 4.69) is 4.99 Å². The molecular weight excluding hydrogens is 245 g/mol. The van der Waals surface area contributed by atoms with Gasteiger partial charge in [0.15, 0.2) is 0 Å². The fraction of sp³-hybridized carbons (Fsp3) is 0.583. The Morgan fingerprint density at radius 3 is 2.39 bits per heavy atom. The third-order valence-electron chi connectivity index (χ3n) is 2.08. The van der Waals surface area contributed by atoms with Crippen LogP contribution in [0.5, 0.6) is 0 Å². The van der Waals surface area contributed by atoms with Crippen LogP contribution in [0.4, 0.5) is 13.2 Å². The van der Waals surface area contributed by atoms with Gasteiger partial charge in [0.1, 0.15) is 6.10 Å². The van der Waals surface area contributed by atoms with E-state index in [0.717, 1.165) is 12.2 Å². The first-order valence-corrected chi connectivity index (χ1v) is 5.53. The van der Waals surface area contributed by atoms with E-state index in [1.807, 2.05) is 0 Å². The third kappa shape index (κ3) is 4.62. The number of allylic oxidation sites excluding steroid dienone is 2. The SMILES string of the molecule is CC(C)(C)OC1C=NC(CN)=CC(C(F)(F)F)=C1. The maximum atomic E-state index is 12.8. The van der Waals surface area contributed by atoms with Gasteiger partial charge in [-0.1, -0.05) is 0 Å². The zero-order valence-corrected chi connectivity index (χ0v) is 10.6. The van der Waals surface area contributed by atoms with E-state index in [0.29, 0.717) is 0 Å². The van der Waals surface area contributed by atoms with Crippen molar-refractivity contribution in [3.8, 4) is 0 Å². The van der Waals surface area contributed by atoms with Crippen molar-refractivity contribution in [2.24, 2.45) is 10.7 Å². The number of ether oxygens (including phenoxy) is 1. The summed E-state index contributed by atoms with van der Waals surface area (Å²) in [6.07, 6.45) is -1.96. The number of aliphatic imine (C=N–C) groups is 1. The summed E-state index contributed by atoms with van der Waals surface area (Å²) >= 11 is 0. The standard InChI is InChI=1S/C12H17F3N2O/c1-11(2,3)18-10-5-8(12(13,14)15)4-9(6-16)17-7-10/h4-5,7,10H,6,16H2,1-3H3. The van der Waals surface area contributed by atoms with Gasteiger partial charge < -0.3 is 10.5 Å². The Labute approximate surface area is 104 Å². The molecular formula is C12H17F3N2O. The summed E-state index contributed by atoms with van der Waals surface area (Å²) in [6, 6.07) is 0. The fourth-order valence-electron chi connectivity index (χ4n) is 1.41. The quantitative estimate of drug-likeness (QED) is 0.831. The lowest BCUT2D eigenvalue weighted by Crippen LogP contribution is -2.28. The monoisotopic (exact) mass is 262 g/mol. The Morgan fingerprint density at radius 2 is 1.94 bits per heavy atom. The molecule has 102 valence electrons. The lowest BCUT2D eigenvalue weighted by Gasteiger charge is -2.23. The molecule has 0 radical (unpaired) electrons. The van der Waals surface area contributed by atoms with Crippen LogP contribution in [0.25, 0.3) is 0 Å². The van der Waals surface area contributed by atoms with Crippen LogP contribution < -0.4 is 5.73 Å². The first-order chi connectivity index (χ1) is 8.12. The van der Waals surface area contributed by atoms with Crippen molar-refractivity contribution in [1.29, 1.82) is 0 Å². The Bertz CT molecular complexity index is 389. The maximum Gasteiger partial charge on any atom is 0.416 e. The normalized spacial score (nSPS) is 21.4. The molecule has 2 N–H and O–H groups in total. The molecule has 0 aromatic carbocycles. The molecule has 0 aliphatic carbocycles. The molecule has 1 atom stereocenters. The largest absolute Gasteiger partial charge is 0.416 e. The average molecular weight is 262 g/mol. The minimum Gasteiger partial charge on any atom is -0.363 e. The van der Waals surface area contributed by atoms with Crippen molar-refractivity contribution in [1.82, 2.24) is 0 Å². The van der Waals surface area contributed by atoms with E-state index >= 15 is 0 Å². The van der Waals surface area contributed by atoms with Crippen molar-refractivity contribution in [2.45, 2.75) is 38.7 Å². The highest BCUT2D eigenvalue weighted by molar-refractivity contribution is 5.69. The highest BCUT2D eigenvalue weighted by Gasteiger charge is 2.34. The van der Waals surface area contributed by atoms with Gasteiger partial charge in [0.2, 0.25) is 0 Å². The predicted octanol–water partition coefficient (Wildman–Crippen LogP) is 2.59. The van der Waals surface area contributed by atoms with Crippen LogP contribution >= 0.6 is 0 Å². The van der Waals surface area contributed by atoms with Crippen LogP contribution in [-0.2, 0) is 4.74 Å². The second-order valence-electron chi connectivity index (χ2n) is 4.93. The van der Waals surface area contributed by atoms with Crippen molar-refractivity contribution in [2.75, 3.05) is 6.54 Å². The molecule has 6 heteroatoms. The van der Waals surface area contributed by atoms with Gasteiger partial charge in [-0.25, -0.2) is 0 Å². The highest BCUT2D eigenvalue weighted by Crippen LogP contribution is 2.29. The molecule has 1 aliphatic heterocycles. The number of rotatable bonds is 2. The molecule has 0 saturated carbocycles. The van der Waals surface area contributed by atoms with E-state index in [-0.39, 0.29) is 12.2 Å². The minimum atomic E-state index is -4.44. The van der Waals surface area contributed by atoms with Crippen molar-refractivity contribution < 1.29 is 17.9 Å². The van der Waals surface area contributed by atoms with Crippen LogP contribution in [0.2, 0.25) is 0 Å². The van der Waals surface area contributed by atoms with Gasteiger partial charge in [0.05, 0.1) is 16.9 Å². The first-order valence-electron chi connectivity index (χ1n) is 5.53. The second kappa shape index (κ2) is 5.24. The number of halogens is 3. The van der Waals surface area contributed by atoms with Gasteiger partial charge in [0, 0.05) is 12.8 Å². The zero-order valence-electron chi connectivity index (χ0n) is 10.6. The molecule has 0 fully saturated rings.